The Balaban J connectivity index is 2.38. The highest BCUT2D eigenvalue weighted by molar-refractivity contribution is 7.89. The van der Waals surface area contributed by atoms with Gasteiger partial charge in [0.25, 0.3) is 5.91 Å². The normalized spacial score (nSPS) is 11.2. The van der Waals surface area contributed by atoms with E-state index in [2.05, 4.69) is 5.32 Å². The third-order valence-corrected chi connectivity index (χ3v) is 6.09. The van der Waals surface area contributed by atoms with Crippen LogP contribution < -0.4 is 5.32 Å². The fraction of sp³-hybridized carbons (Fsp3) is 0.263. The summed E-state index contributed by atoms with van der Waals surface area (Å²) in [6, 6.07) is 13.1. The smallest absolute Gasteiger partial charge is 0.255 e. The first-order valence-electron chi connectivity index (χ1n) is 8.25. The molecule has 0 radical (unpaired) electrons. The fourth-order valence-corrected chi connectivity index (χ4v) is 4.07. The van der Waals surface area contributed by atoms with E-state index in [1.54, 1.807) is 51.1 Å². The van der Waals surface area contributed by atoms with Gasteiger partial charge in [-0.15, -0.1) is 0 Å². The highest BCUT2D eigenvalue weighted by Crippen LogP contribution is 2.21. The maximum absolute atomic E-state index is 12.7. The Hall–Kier alpha value is -2.69. The quantitative estimate of drug-likeness (QED) is 0.844. The second kappa shape index (κ2) is 8.13. The number of carbonyl (C=O) groups is 1. The minimum absolute atomic E-state index is 0.0859. The lowest BCUT2D eigenvalue weighted by atomic mass is 10.1. The van der Waals surface area contributed by atoms with Crippen LogP contribution in [0.15, 0.2) is 47.4 Å². The predicted molar refractivity (Wildman–Crippen MR) is 100 cm³/mol. The number of carbonyl (C=O) groups excluding carboxylic acids is 1. The van der Waals surface area contributed by atoms with Gasteiger partial charge in [-0.25, -0.2) is 8.42 Å². The molecule has 0 aliphatic rings. The first-order valence-corrected chi connectivity index (χ1v) is 9.69. The molecule has 136 valence electrons. The first-order chi connectivity index (χ1) is 12.3. The van der Waals surface area contributed by atoms with Gasteiger partial charge in [-0.1, -0.05) is 26.0 Å². The van der Waals surface area contributed by atoms with Gasteiger partial charge >= 0.3 is 0 Å². The number of nitrogens with one attached hydrogen (secondary N) is 1. The van der Waals surface area contributed by atoms with E-state index in [1.165, 1.54) is 16.4 Å². The monoisotopic (exact) mass is 371 g/mol. The maximum Gasteiger partial charge on any atom is 0.255 e. The highest BCUT2D eigenvalue weighted by Gasteiger charge is 2.23. The van der Waals surface area contributed by atoms with E-state index in [9.17, 15) is 13.2 Å². The Bertz CT molecular complexity index is 958. The van der Waals surface area contributed by atoms with Crippen LogP contribution in [0.2, 0.25) is 0 Å². The van der Waals surface area contributed by atoms with Crippen molar-refractivity contribution in [2.75, 3.05) is 18.4 Å². The van der Waals surface area contributed by atoms with Crippen molar-refractivity contribution in [1.82, 2.24) is 4.31 Å². The number of nitriles is 1. The van der Waals surface area contributed by atoms with Crippen molar-refractivity contribution in [1.29, 1.82) is 5.26 Å². The summed E-state index contributed by atoms with van der Waals surface area (Å²) in [6.45, 7) is 5.99. The molecular weight excluding hydrogens is 350 g/mol. The first kappa shape index (κ1) is 19.6. The number of benzene rings is 2. The molecule has 0 fully saturated rings. The SMILES string of the molecule is CCN(CC)S(=O)(=O)c1ccc(C)c(C(=O)Nc2cccc(C#N)c2)c1. The van der Waals surface area contributed by atoms with Crippen LogP contribution in [0.25, 0.3) is 0 Å². The summed E-state index contributed by atoms with van der Waals surface area (Å²) in [5.74, 6) is -0.422. The van der Waals surface area contributed by atoms with Gasteiger partial charge < -0.3 is 5.32 Å². The van der Waals surface area contributed by atoms with Crippen LogP contribution in [0, 0.1) is 18.3 Å². The van der Waals surface area contributed by atoms with Crippen LogP contribution in [0.5, 0.6) is 0 Å². The van der Waals surface area contributed by atoms with Crippen LogP contribution in [-0.4, -0.2) is 31.7 Å². The van der Waals surface area contributed by atoms with Gasteiger partial charge in [0.15, 0.2) is 0 Å². The molecule has 26 heavy (non-hydrogen) atoms. The lowest BCUT2D eigenvalue weighted by molar-refractivity contribution is 0.102. The number of amides is 1. The van der Waals surface area contributed by atoms with Crippen LogP contribution in [0.1, 0.15) is 35.3 Å². The summed E-state index contributed by atoms with van der Waals surface area (Å²) in [7, 11) is -3.65. The molecule has 0 aliphatic carbocycles. The van der Waals surface area contributed by atoms with Crippen molar-refractivity contribution in [3.05, 3.63) is 59.2 Å². The topological polar surface area (TPSA) is 90.3 Å². The number of nitrogens with zero attached hydrogens (tertiary/aromatic N) is 2. The predicted octanol–water partition coefficient (Wildman–Crippen LogP) is 3.15. The van der Waals surface area contributed by atoms with Gasteiger partial charge in [0.2, 0.25) is 10.0 Å². The third-order valence-electron chi connectivity index (χ3n) is 4.05. The van der Waals surface area contributed by atoms with E-state index < -0.39 is 15.9 Å². The zero-order valence-corrected chi connectivity index (χ0v) is 15.8. The molecule has 0 bridgehead atoms. The number of hydrogen-bond acceptors (Lipinski definition) is 4. The Morgan fingerprint density at radius 2 is 1.85 bits per heavy atom. The largest absolute Gasteiger partial charge is 0.322 e. The summed E-state index contributed by atoms with van der Waals surface area (Å²) < 4.78 is 26.7. The summed E-state index contributed by atoms with van der Waals surface area (Å²) in [5.41, 5.74) is 1.85. The summed E-state index contributed by atoms with van der Waals surface area (Å²) in [6.07, 6.45) is 0. The Morgan fingerprint density at radius 1 is 1.15 bits per heavy atom. The number of rotatable bonds is 6. The lowest BCUT2D eigenvalue weighted by Gasteiger charge is -2.19. The molecule has 2 aromatic carbocycles. The molecular formula is C19H21N3O3S. The van der Waals surface area contributed by atoms with Gasteiger partial charge in [-0.2, -0.15) is 9.57 Å². The van der Waals surface area contributed by atoms with Crippen molar-refractivity contribution in [2.24, 2.45) is 0 Å². The number of aryl methyl sites for hydroxylation is 1. The van der Waals surface area contributed by atoms with Crippen LogP contribution in [-0.2, 0) is 10.0 Å². The second-order valence-electron chi connectivity index (χ2n) is 5.71. The van der Waals surface area contributed by atoms with E-state index in [0.717, 1.165) is 0 Å². The molecule has 2 rings (SSSR count). The van der Waals surface area contributed by atoms with E-state index in [1.807, 2.05) is 6.07 Å². The third kappa shape index (κ3) is 4.10. The Labute approximate surface area is 154 Å². The number of sulfonamides is 1. The summed E-state index contributed by atoms with van der Waals surface area (Å²) in [5, 5.41) is 11.7. The number of hydrogen-bond donors (Lipinski definition) is 1. The maximum atomic E-state index is 12.7. The molecule has 0 aliphatic heterocycles. The molecule has 1 N–H and O–H groups in total. The zero-order chi connectivity index (χ0) is 19.3. The van der Waals surface area contributed by atoms with Crippen molar-refractivity contribution >= 4 is 21.6 Å². The Morgan fingerprint density at radius 3 is 2.46 bits per heavy atom. The van der Waals surface area contributed by atoms with Crippen LogP contribution in [0.4, 0.5) is 5.69 Å². The van der Waals surface area contributed by atoms with Crippen LogP contribution >= 0.6 is 0 Å². The molecule has 0 aromatic heterocycles. The van der Waals surface area contributed by atoms with E-state index in [-0.39, 0.29) is 10.5 Å². The van der Waals surface area contributed by atoms with Crippen molar-refractivity contribution in [3.8, 4) is 6.07 Å². The van der Waals surface area contributed by atoms with Crippen molar-refractivity contribution in [3.63, 3.8) is 0 Å². The summed E-state index contributed by atoms with van der Waals surface area (Å²) >= 11 is 0. The molecule has 0 spiro atoms. The second-order valence-corrected chi connectivity index (χ2v) is 7.65. The average Bonchev–Trinajstić information content (AvgIpc) is 2.62. The van der Waals surface area contributed by atoms with E-state index in [4.69, 9.17) is 5.26 Å². The molecule has 0 atom stereocenters. The lowest BCUT2D eigenvalue weighted by Crippen LogP contribution is -2.30. The molecule has 7 heteroatoms. The van der Waals surface area contributed by atoms with Gasteiger partial charge in [-0.3, -0.25) is 4.79 Å². The van der Waals surface area contributed by atoms with E-state index in [0.29, 0.717) is 29.9 Å². The molecule has 0 saturated carbocycles. The summed E-state index contributed by atoms with van der Waals surface area (Å²) in [4.78, 5) is 12.7. The highest BCUT2D eigenvalue weighted by atomic mass is 32.2. The van der Waals surface area contributed by atoms with Crippen molar-refractivity contribution in [2.45, 2.75) is 25.7 Å². The zero-order valence-electron chi connectivity index (χ0n) is 15.0. The van der Waals surface area contributed by atoms with Gasteiger partial charge in [-0.05, 0) is 42.8 Å². The fourth-order valence-electron chi connectivity index (χ4n) is 2.58. The molecule has 0 heterocycles. The van der Waals surface area contributed by atoms with Gasteiger partial charge in [0, 0.05) is 24.3 Å². The minimum Gasteiger partial charge on any atom is -0.322 e. The van der Waals surface area contributed by atoms with Crippen molar-refractivity contribution < 1.29 is 13.2 Å². The van der Waals surface area contributed by atoms with E-state index >= 15 is 0 Å². The van der Waals surface area contributed by atoms with Gasteiger partial charge in [0.05, 0.1) is 16.5 Å². The number of anilines is 1. The molecule has 1 amide bonds. The molecule has 2 aromatic rings. The van der Waals surface area contributed by atoms with Gasteiger partial charge in [0.1, 0.15) is 0 Å². The molecule has 0 unspecified atom stereocenters. The molecule has 0 saturated heterocycles. The minimum atomic E-state index is -3.65. The van der Waals surface area contributed by atoms with Crippen LogP contribution in [0.3, 0.4) is 0 Å². The molecule has 6 nitrogen and oxygen atoms in total. The Kier molecular flexibility index (Phi) is 6.14. The average molecular weight is 371 g/mol. The standard InChI is InChI=1S/C19H21N3O3S/c1-4-22(5-2)26(24,25)17-10-9-14(3)18(12-17)19(23)21-16-8-6-7-15(11-16)13-20/h6-12H,4-5H2,1-3H3,(H,21,23).